The van der Waals surface area contributed by atoms with Gasteiger partial charge in [0.1, 0.15) is 18.3 Å². The Hall–Kier alpha value is -3.49. The van der Waals surface area contributed by atoms with Crippen molar-refractivity contribution in [3.8, 4) is 5.69 Å². The van der Waals surface area contributed by atoms with E-state index in [0.717, 1.165) is 12.8 Å². The number of para-hydroxylation sites is 1. The number of nitrogens with zero attached hydrogens (tertiary/aromatic N) is 6. The topological polar surface area (TPSA) is 106 Å². The number of aromatic nitrogens is 5. The van der Waals surface area contributed by atoms with E-state index >= 15 is 0 Å². The van der Waals surface area contributed by atoms with Crippen LogP contribution in [0.4, 0.5) is 0 Å². The van der Waals surface area contributed by atoms with Crippen LogP contribution >= 0.6 is 0 Å². The van der Waals surface area contributed by atoms with Gasteiger partial charge in [-0.3, -0.25) is 4.79 Å². The highest BCUT2D eigenvalue weighted by Crippen LogP contribution is 2.23. The van der Waals surface area contributed by atoms with Crippen molar-refractivity contribution >= 4 is 11.9 Å². The Morgan fingerprint density at radius 2 is 2.00 bits per heavy atom. The molecule has 3 heterocycles. The van der Waals surface area contributed by atoms with Gasteiger partial charge in [0.15, 0.2) is 5.69 Å². The Bertz CT molecular complexity index is 951. The number of piperidine rings is 1. The Balaban J connectivity index is 1.66. The van der Waals surface area contributed by atoms with Gasteiger partial charge in [-0.05, 0) is 25.0 Å². The molecule has 2 aromatic heterocycles. The molecule has 4 rings (SSSR count). The van der Waals surface area contributed by atoms with Crippen molar-refractivity contribution in [3.05, 3.63) is 60.4 Å². The molecule has 0 saturated carbocycles. The number of carboxylic acid groups (broad SMARTS) is 1. The first kappa shape index (κ1) is 17.0. The standard InChI is InChI=1S/C18H18N6O3/c25-17(22-8-4-7-14(10-22)23-12-19-11-20-23)16-9-15(18(26)27)21-24(16)13-5-2-1-3-6-13/h1-3,5-6,9,11-12,14H,4,7-8,10H2,(H,26,27). The van der Waals surface area contributed by atoms with E-state index < -0.39 is 5.97 Å². The summed E-state index contributed by atoms with van der Waals surface area (Å²) in [7, 11) is 0. The van der Waals surface area contributed by atoms with Crippen LogP contribution in [0, 0.1) is 0 Å². The molecular weight excluding hydrogens is 348 g/mol. The Labute approximate surface area is 154 Å². The molecule has 1 amide bonds. The van der Waals surface area contributed by atoms with Crippen molar-refractivity contribution in [2.24, 2.45) is 0 Å². The number of carbonyl (C=O) groups is 2. The second-order valence-electron chi connectivity index (χ2n) is 6.39. The fraction of sp³-hybridized carbons (Fsp3) is 0.278. The largest absolute Gasteiger partial charge is 0.476 e. The lowest BCUT2D eigenvalue weighted by molar-refractivity contribution is 0.0662. The van der Waals surface area contributed by atoms with E-state index in [1.165, 1.54) is 17.1 Å². The van der Waals surface area contributed by atoms with Gasteiger partial charge in [-0.1, -0.05) is 18.2 Å². The van der Waals surface area contributed by atoms with E-state index in [9.17, 15) is 14.7 Å². The minimum atomic E-state index is -1.17. The van der Waals surface area contributed by atoms with Crippen LogP contribution in [0.25, 0.3) is 5.69 Å². The zero-order valence-electron chi connectivity index (χ0n) is 14.5. The van der Waals surface area contributed by atoms with E-state index in [-0.39, 0.29) is 23.3 Å². The van der Waals surface area contributed by atoms with Crippen molar-refractivity contribution < 1.29 is 14.7 Å². The van der Waals surface area contributed by atoms with Crippen LogP contribution in [-0.2, 0) is 0 Å². The Morgan fingerprint density at radius 1 is 1.19 bits per heavy atom. The molecule has 27 heavy (non-hydrogen) atoms. The number of hydrogen-bond acceptors (Lipinski definition) is 5. The van der Waals surface area contributed by atoms with E-state index in [2.05, 4.69) is 15.2 Å². The van der Waals surface area contributed by atoms with Crippen molar-refractivity contribution in [1.29, 1.82) is 0 Å². The zero-order valence-corrected chi connectivity index (χ0v) is 14.5. The van der Waals surface area contributed by atoms with Gasteiger partial charge in [0.2, 0.25) is 0 Å². The van der Waals surface area contributed by atoms with Gasteiger partial charge < -0.3 is 10.0 Å². The monoisotopic (exact) mass is 366 g/mol. The maximum atomic E-state index is 13.2. The molecule has 1 atom stereocenters. The van der Waals surface area contributed by atoms with Crippen molar-refractivity contribution in [2.75, 3.05) is 13.1 Å². The molecule has 1 aromatic carbocycles. The number of hydrogen-bond donors (Lipinski definition) is 1. The van der Waals surface area contributed by atoms with Crippen LogP contribution in [0.5, 0.6) is 0 Å². The van der Waals surface area contributed by atoms with Gasteiger partial charge >= 0.3 is 5.97 Å². The maximum absolute atomic E-state index is 13.2. The predicted molar refractivity (Wildman–Crippen MR) is 94.7 cm³/mol. The number of aromatic carboxylic acids is 1. The highest BCUT2D eigenvalue weighted by Gasteiger charge is 2.29. The molecule has 0 aliphatic carbocycles. The highest BCUT2D eigenvalue weighted by molar-refractivity contribution is 5.96. The SMILES string of the molecule is O=C(O)c1cc(C(=O)N2CCCC(n3cncn3)C2)n(-c2ccccc2)n1. The van der Waals surface area contributed by atoms with Crippen LogP contribution in [0.1, 0.15) is 39.9 Å². The number of rotatable bonds is 4. The molecule has 0 bridgehead atoms. The van der Waals surface area contributed by atoms with Crippen LogP contribution in [-0.4, -0.2) is 59.5 Å². The van der Waals surface area contributed by atoms with Gasteiger partial charge in [0.25, 0.3) is 5.91 Å². The summed E-state index contributed by atoms with van der Waals surface area (Å²) in [5.41, 5.74) is 0.711. The summed E-state index contributed by atoms with van der Waals surface area (Å²) in [5, 5.41) is 17.6. The third-order valence-corrected chi connectivity index (χ3v) is 4.64. The second-order valence-corrected chi connectivity index (χ2v) is 6.39. The van der Waals surface area contributed by atoms with Gasteiger partial charge in [-0.2, -0.15) is 10.2 Å². The molecule has 0 radical (unpaired) electrons. The van der Waals surface area contributed by atoms with E-state index in [1.54, 1.807) is 28.0 Å². The normalized spacial score (nSPS) is 17.0. The highest BCUT2D eigenvalue weighted by atomic mass is 16.4. The van der Waals surface area contributed by atoms with Gasteiger partial charge in [0.05, 0.1) is 11.7 Å². The quantitative estimate of drug-likeness (QED) is 0.752. The van der Waals surface area contributed by atoms with Crippen molar-refractivity contribution in [3.63, 3.8) is 0 Å². The molecule has 1 aliphatic heterocycles. The number of carbonyl (C=O) groups excluding carboxylic acids is 1. The minimum absolute atomic E-state index is 0.0530. The first-order chi connectivity index (χ1) is 13.1. The van der Waals surface area contributed by atoms with Crippen LogP contribution in [0.15, 0.2) is 49.1 Å². The maximum Gasteiger partial charge on any atom is 0.356 e. The number of benzene rings is 1. The number of amides is 1. The van der Waals surface area contributed by atoms with E-state index in [1.807, 2.05) is 18.2 Å². The fourth-order valence-electron chi connectivity index (χ4n) is 3.33. The number of carboxylic acids is 1. The van der Waals surface area contributed by atoms with Crippen LogP contribution in [0.3, 0.4) is 0 Å². The summed E-state index contributed by atoms with van der Waals surface area (Å²) in [4.78, 5) is 30.2. The Morgan fingerprint density at radius 3 is 2.70 bits per heavy atom. The van der Waals surface area contributed by atoms with Crippen LogP contribution < -0.4 is 0 Å². The molecule has 138 valence electrons. The molecule has 1 N–H and O–H groups in total. The molecule has 1 fully saturated rings. The number of likely N-dealkylation sites (tertiary alicyclic amines) is 1. The van der Waals surface area contributed by atoms with Crippen molar-refractivity contribution in [1.82, 2.24) is 29.4 Å². The molecule has 0 spiro atoms. The van der Waals surface area contributed by atoms with Crippen molar-refractivity contribution in [2.45, 2.75) is 18.9 Å². The molecule has 3 aromatic rings. The molecule has 9 nitrogen and oxygen atoms in total. The smallest absolute Gasteiger partial charge is 0.356 e. The average Bonchev–Trinajstić information content (AvgIpc) is 3.38. The van der Waals surface area contributed by atoms with Gasteiger partial charge in [-0.15, -0.1) is 0 Å². The lowest BCUT2D eigenvalue weighted by Gasteiger charge is -2.32. The van der Waals surface area contributed by atoms with E-state index in [0.29, 0.717) is 18.8 Å². The minimum Gasteiger partial charge on any atom is -0.476 e. The lowest BCUT2D eigenvalue weighted by Crippen LogP contribution is -2.41. The van der Waals surface area contributed by atoms with Gasteiger partial charge in [-0.25, -0.2) is 19.1 Å². The van der Waals surface area contributed by atoms with E-state index in [4.69, 9.17) is 0 Å². The first-order valence-electron chi connectivity index (χ1n) is 8.65. The summed E-state index contributed by atoms with van der Waals surface area (Å²) in [5.74, 6) is -1.42. The fourth-order valence-corrected chi connectivity index (χ4v) is 3.33. The molecule has 9 heteroatoms. The average molecular weight is 366 g/mol. The Kier molecular flexibility index (Phi) is 4.41. The third kappa shape index (κ3) is 3.31. The summed E-state index contributed by atoms with van der Waals surface area (Å²) in [6.07, 6.45) is 4.87. The molecule has 1 unspecified atom stereocenters. The van der Waals surface area contributed by atoms with Gasteiger partial charge in [0, 0.05) is 19.2 Å². The summed E-state index contributed by atoms with van der Waals surface area (Å²) in [6, 6.07) is 10.4. The zero-order chi connectivity index (χ0) is 18.8. The van der Waals surface area contributed by atoms with Crippen LogP contribution in [0.2, 0.25) is 0 Å². The lowest BCUT2D eigenvalue weighted by atomic mass is 10.1. The summed E-state index contributed by atoms with van der Waals surface area (Å²) < 4.78 is 3.15. The molecule has 1 saturated heterocycles. The first-order valence-corrected chi connectivity index (χ1v) is 8.65. The summed E-state index contributed by atoms with van der Waals surface area (Å²) >= 11 is 0. The predicted octanol–water partition coefficient (Wildman–Crippen LogP) is 1.64. The molecule has 1 aliphatic rings. The molecular formula is C18H18N6O3. The second kappa shape index (κ2) is 7.02. The summed E-state index contributed by atoms with van der Waals surface area (Å²) in [6.45, 7) is 1.09. The third-order valence-electron chi connectivity index (χ3n) is 4.64.